The standard InChI is InChI=1S/C24H21FN6O3/c1-15-16(2)30(12-17-7-9-18(25)10-8-17)24(19(15)11-26)27-22(32)14-34-23(33)13-31-21-6-4-3-5-20(21)28-29-31/h3-10H,12-14H2,1-2H3,(H,27,32). The fourth-order valence-electron chi connectivity index (χ4n) is 3.62. The molecule has 0 radical (unpaired) electrons. The van der Waals surface area contributed by atoms with Crippen molar-refractivity contribution in [2.75, 3.05) is 11.9 Å². The van der Waals surface area contributed by atoms with Crippen molar-refractivity contribution in [3.63, 3.8) is 0 Å². The summed E-state index contributed by atoms with van der Waals surface area (Å²) in [6.45, 7) is 3.21. The van der Waals surface area contributed by atoms with E-state index in [1.165, 1.54) is 16.8 Å². The van der Waals surface area contributed by atoms with Gasteiger partial charge in [-0.1, -0.05) is 29.5 Å². The van der Waals surface area contributed by atoms with Crippen LogP contribution in [0.15, 0.2) is 48.5 Å². The van der Waals surface area contributed by atoms with E-state index in [0.29, 0.717) is 29.0 Å². The summed E-state index contributed by atoms with van der Waals surface area (Å²) in [6.07, 6.45) is 0. The van der Waals surface area contributed by atoms with Gasteiger partial charge in [0.05, 0.1) is 11.1 Å². The molecule has 0 saturated carbocycles. The van der Waals surface area contributed by atoms with Crippen molar-refractivity contribution in [3.8, 4) is 6.07 Å². The van der Waals surface area contributed by atoms with Crippen LogP contribution in [0.4, 0.5) is 10.2 Å². The lowest BCUT2D eigenvalue weighted by Crippen LogP contribution is -2.25. The number of nitriles is 1. The molecule has 10 heteroatoms. The number of nitrogens with zero attached hydrogens (tertiary/aromatic N) is 5. The summed E-state index contributed by atoms with van der Waals surface area (Å²) in [7, 11) is 0. The SMILES string of the molecule is Cc1c(C#N)c(NC(=O)COC(=O)Cn2nnc3ccccc32)n(Cc2ccc(F)cc2)c1C. The van der Waals surface area contributed by atoms with Crippen LogP contribution < -0.4 is 5.32 Å². The van der Waals surface area contributed by atoms with E-state index < -0.39 is 18.5 Å². The molecule has 2 aromatic carbocycles. The molecule has 1 amide bonds. The number of hydrogen-bond acceptors (Lipinski definition) is 6. The first-order valence-corrected chi connectivity index (χ1v) is 10.4. The monoisotopic (exact) mass is 460 g/mol. The number of rotatable bonds is 7. The quantitative estimate of drug-likeness (QED) is 0.424. The molecule has 0 bridgehead atoms. The molecular weight excluding hydrogens is 439 g/mol. The molecular formula is C24H21FN6O3. The first-order valence-electron chi connectivity index (χ1n) is 10.4. The molecule has 172 valence electrons. The Kier molecular flexibility index (Phi) is 6.36. The minimum atomic E-state index is -0.652. The van der Waals surface area contributed by atoms with Crippen LogP contribution in [0, 0.1) is 31.0 Å². The van der Waals surface area contributed by atoms with Gasteiger partial charge in [-0.05, 0) is 49.2 Å². The van der Waals surface area contributed by atoms with Gasteiger partial charge in [-0.2, -0.15) is 5.26 Å². The Morgan fingerprint density at radius 1 is 1.15 bits per heavy atom. The number of halogens is 1. The number of hydrogen-bond donors (Lipinski definition) is 1. The lowest BCUT2D eigenvalue weighted by molar-refractivity contribution is -0.148. The molecule has 0 spiro atoms. The Hall–Kier alpha value is -4.52. The van der Waals surface area contributed by atoms with E-state index in [1.807, 2.05) is 13.0 Å². The van der Waals surface area contributed by atoms with Gasteiger partial charge in [-0.3, -0.25) is 9.59 Å². The minimum Gasteiger partial charge on any atom is -0.454 e. The van der Waals surface area contributed by atoms with Crippen LogP contribution in [0.3, 0.4) is 0 Å². The third kappa shape index (κ3) is 4.63. The topological polar surface area (TPSA) is 115 Å². The highest BCUT2D eigenvalue weighted by molar-refractivity contribution is 5.93. The number of carbonyl (C=O) groups is 2. The van der Waals surface area contributed by atoms with E-state index in [1.54, 1.807) is 41.8 Å². The number of anilines is 1. The molecule has 0 aliphatic carbocycles. The molecule has 1 N–H and O–H groups in total. The van der Waals surface area contributed by atoms with Gasteiger partial charge in [0, 0.05) is 12.2 Å². The van der Waals surface area contributed by atoms with Crippen molar-refractivity contribution >= 4 is 28.7 Å². The zero-order chi connectivity index (χ0) is 24.2. The smallest absolute Gasteiger partial charge is 0.328 e. The van der Waals surface area contributed by atoms with Gasteiger partial charge in [0.25, 0.3) is 5.91 Å². The number of benzene rings is 2. The van der Waals surface area contributed by atoms with Gasteiger partial charge in [0.15, 0.2) is 6.61 Å². The average Bonchev–Trinajstić information content (AvgIpc) is 3.33. The molecule has 0 aliphatic heterocycles. The first kappa shape index (κ1) is 22.7. The van der Waals surface area contributed by atoms with Crippen LogP contribution >= 0.6 is 0 Å². The van der Waals surface area contributed by atoms with Gasteiger partial charge < -0.3 is 14.6 Å². The molecule has 9 nitrogen and oxygen atoms in total. The minimum absolute atomic E-state index is 0.198. The Morgan fingerprint density at radius 2 is 1.88 bits per heavy atom. The second-order valence-electron chi connectivity index (χ2n) is 7.70. The molecule has 0 fully saturated rings. The Morgan fingerprint density at radius 3 is 2.62 bits per heavy atom. The zero-order valence-electron chi connectivity index (χ0n) is 18.6. The van der Waals surface area contributed by atoms with E-state index in [4.69, 9.17) is 4.74 Å². The summed E-state index contributed by atoms with van der Waals surface area (Å²) in [4.78, 5) is 24.8. The van der Waals surface area contributed by atoms with Crippen LogP contribution in [0.5, 0.6) is 0 Å². The third-order valence-corrected chi connectivity index (χ3v) is 5.52. The van der Waals surface area contributed by atoms with Gasteiger partial charge >= 0.3 is 5.97 Å². The summed E-state index contributed by atoms with van der Waals surface area (Å²) in [6, 6.07) is 15.3. The first-order chi connectivity index (χ1) is 16.4. The van der Waals surface area contributed by atoms with E-state index in [-0.39, 0.29) is 12.4 Å². The summed E-state index contributed by atoms with van der Waals surface area (Å²) < 4.78 is 21.5. The largest absolute Gasteiger partial charge is 0.454 e. The number of esters is 1. The molecule has 4 rings (SSSR count). The Balaban J connectivity index is 1.44. The van der Waals surface area contributed by atoms with E-state index in [9.17, 15) is 19.2 Å². The van der Waals surface area contributed by atoms with E-state index >= 15 is 0 Å². The number of fused-ring (bicyclic) bond motifs is 1. The number of amides is 1. The predicted octanol–water partition coefficient (Wildman–Crippen LogP) is 3.09. The van der Waals surface area contributed by atoms with Gasteiger partial charge in [0.1, 0.15) is 29.8 Å². The molecule has 0 saturated heterocycles. The van der Waals surface area contributed by atoms with Crippen molar-refractivity contribution < 1.29 is 18.7 Å². The molecule has 4 aromatic rings. The Bertz CT molecular complexity index is 1420. The Labute approximate surface area is 194 Å². The molecule has 2 heterocycles. The van der Waals surface area contributed by atoms with Crippen molar-refractivity contribution in [1.29, 1.82) is 5.26 Å². The highest BCUT2D eigenvalue weighted by Gasteiger charge is 2.20. The fraction of sp³-hybridized carbons (Fsp3) is 0.208. The van der Waals surface area contributed by atoms with Gasteiger partial charge in [-0.25, -0.2) is 9.07 Å². The molecule has 0 aliphatic rings. The molecule has 0 unspecified atom stereocenters. The normalized spacial score (nSPS) is 10.8. The number of para-hydroxylation sites is 1. The highest BCUT2D eigenvalue weighted by atomic mass is 19.1. The number of ether oxygens (including phenoxy) is 1. The number of aromatic nitrogens is 4. The van der Waals surface area contributed by atoms with Gasteiger partial charge in [-0.15, -0.1) is 5.10 Å². The average molecular weight is 460 g/mol. The summed E-state index contributed by atoms with van der Waals surface area (Å²) in [5.41, 5.74) is 3.93. The van der Waals surface area contributed by atoms with Crippen molar-refractivity contribution in [2.24, 2.45) is 0 Å². The van der Waals surface area contributed by atoms with E-state index in [2.05, 4.69) is 21.7 Å². The molecule has 34 heavy (non-hydrogen) atoms. The van der Waals surface area contributed by atoms with Crippen molar-refractivity contribution in [2.45, 2.75) is 26.9 Å². The predicted molar refractivity (Wildman–Crippen MR) is 121 cm³/mol. The van der Waals surface area contributed by atoms with Crippen LogP contribution in [-0.2, 0) is 27.4 Å². The summed E-state index contributed by atoms with van der Waals surface area (Å²) in [5, 5.41) is 20.2. The lowest BCUT2D eigenvalue weighted by atomic mass is 10.2. The maximum Gasteiger partial charge on any atom is 0.328 e. The molecule has 0 atom stereocenters. The van der Waals surface area contributed by atoms with Crippen molar-refractivity contribution in [1.82, 2.24) is 19.6 Å². The van der Waals surface area contributed by atoms with Crippen LogP contribution in [0.2, 0.25) is 0 Å². The maximum atomic E-state index is 13.3. The summed E-state index contributed by atoms with van der Waals surface area (Å²) >= 11 is 0. The van der Waals surface area contributed by atoms with E-state index in [0.717, 1.165) is 16.8 Å². The third-order valence-electron chi connectivity index (χ3n) is 5.52. The fourth-order valence-corrected chi connectivity index (χ4v) is 3.62. The van der Waals surface area contributed by atoms with Crippen LogP contribution in [-0.4, -0.2) is 38.0 Å². The van der Waals surface area contributed by atoms with Crippen LogP contribution in [0.25, 0.3) is 11.0 Å². The van der Waals surface area contributed by atoms with Crippen molar-refractivity contribution in [3.05, 3.63) is 76.7 Å². The maximum absolute atomic E-state index is 13.3. The summed E-state index contributed by atoms with van der Waals surface area (Å²) in [5.74, 6) is -1.30. The number of carbonyl (C=O) groups excluding carboxylic acids is 2. The zero-order valence-corrected chi connectivity index (χ0v) is 18.6. The second kappa shape index (κ2) is 9.54. The molecule has 2 aromatic heterocycles. The number of nitrogens with one attached hydrogen (secondary N) is 1. The van der Waals surface area contributed by atoms with Crippen LogP contribution in [0.1, 0.15) is 22.4 Å². The lowest BCUT2D eigenvalue weighted by Gasteiger charge is -2.13. The second-order valence-corrected chi connectivity index (χ2v) is 7.70. The van der Waals surface area contributed by atoms with Gasteiger partial charge in [0.2, 0.25) is 0 Å². The highest BCUT2D eigenvalue weighted by Crippen LogP contribution is 2.27.